The average Bonchev–Trinajstić information content (AvgIpc) is 3.45. The van der Waals surface area contributed by atoms with Crippen molar-refractivity contribution in [3.8, 4) is 17.1 Å². The molecule has 8 nitrogen and oxygen atoms in total. The number of halogens is 2. The minimum Gasteiger partial charge on any atom is -0.345 e. The molecule has 2 aromatic heterocycles. The van der Waals surface area contributed by atoms with Gasteiger partial charge in [0.1, 0.15) is 5.82 Å². The molecule has 0 atom stereocenters. The van der Waals surface area contributed by atoms with Gasteiger partial charge in [-0.15, -0.1) is 5.10 Å². The van der Waals surface area contributed by atoms with Crippen LogP contribution in [0, 0.1) is 0 Å². The van der Waals surface area contributed by atoms with E-state index in [9.17, 15) is 4.79 Å². The van der Waals surface area contributed by atoms with Crippen LogP contribution in [0.4, 0.5) is 5.69 Å². The number of H-pyrrole nitrogens is 1. The van der Waals surface area contributed by atoms with Crippen molar-refractivity contribution in [3.63, 3.8) is 0 Å². The molecule has 0 saturated carbocycles. The molecule has 0 saturated heterocycles. The Morgan fingerprint density at radius 2 is 1.97 bits per heavy atom. The molecule has 0 radical (unpaired) electrons. The summed E-state index contributed by atoms with van der Waals surface area (Å²) in [6.45, 7) is 6.35. The lowest BCUT2D eigenvalue weighted by molar-refractivity contribution is -0.113. The normalized spacial score (nSPS) is 11.5. The third kappa shape index (κ3) is 5.38. The number of anilines is 1. The molecule has 0 spiro atoms. The lowest BCUT2D eigenvalue weighted by atomic mass is 9.87. The zero-order valence-electron chi connectivity index (χ0n) is 18.1. The maximum Gasteiger partial charge on any atom is 0.234 e. The Morgan fingerprint density at radius 3 is 2.64 bits per heavy atom. The van der Waals surface area contributed by atoms with Crippen LogP contribution < -0.4 is 5.32 Å². The summed E-state index contributed by atoms with van der Waals surface area (Å²) < 4.78 is 1.53. The van der Waals surface area contributed by atoms with Crippen LogP contribution in [0.25, 0.3) is 17.1 Å². The maximum atomic E-state index is 12.5. The third-order valence-electron chi connectivity index (χ3n) is 4.83. The number of nitrogens with zero attached hydrogens (tertiary/aromatic N) is 5. The van der Waals surface area contributed by atoms with Gasteiger partial charge in [0.15, 0.2) is 0 Å². The lowest BCUT2D eigenvalue weighted by Gasteiger charge is -2.20. The Kier molecular flexibility index (Phi) is 6.73. The lowest BCUT2D eigenvalue weighted by Crippen LogP contribution is -2.15. The number of hydrogen-bond donors (Lipinski definition) is 2. The fourth-order valence-electron chi connectivity index (χ4n) is 3.07. The molecular formula is C22H21Cl2N7OS. The Morgan fingerprint density at radius 1 is 1.15 bits per heavy atom. The minimum atomic E-state index is -0.239. The number of thioether (sulfide) groups is 1. The first-order chi connectivity index (χ1) is 15.7. The highest BCUT2D eigenvalue weighted by Crippen LogP contribution is 2.31. The molecule has 1 amide bonds. The molecule has 4 aromatic rings. The van der Waals surface area contributed by atoms with Gasteiger partial charge in [0.2, 0.25) is 11.1 Å². The molecule has 4 rings (SSSR count). The molecule has 0 unspecified atom stereocenters. The predicted octanol–water partition coefficient (Wildman–Crippen LogP) is 5.39. The molecule has 2 N–H and O–H groups in total. The minimum absolute atomic E-state index is 0.0319. The number of aromatic nitrogens is 6. The summed E-state index contributed by atoms with van der Waals surface area (Å²) in [5.74, 6) is 0.552. The van der Waals surface area contributed by atoms with Crippen molar-refractivity contribution < 1.29 is 4.79 Å². The Bertz CT molecular complexity index is 1280. The summed E-state index contributed by atoms with van der Waals surface area (Å²) in [6.07, 6.45) is 3.39. The fraction of sp³-hybridized carbons (Fsp3) is 0.227. The number of carbonyl (C=O) groups excluding carboxylic acids is 1. The van der Waals surface area contributed by atoms with Crippen molar-refractivity contribution in [1.29, 1.82) is 0 Å². The van der Waals surface area contributed by atoms with Crippen molar-refractivity contribution >= 4 is 46.6 Å². The number of aromatic amines is 1. The summed E-state index contributed by atoms with van der Waals surface area (Å²) in [4.78, 5) is 19.7. The fourth-order valence-corrected chi connectivity index (χ4v) is 4.24. The quantitative estimate of drug-likeness (QED) is 0.343. The number of rotatable bonds is 6. The van der Waals surface area contributed by atoms with Crippen molar-refractivity contribution in [2.75, 3.05) is 11.1 Å². The smallest absolute Gasteiger partial charge is 0.234 e. The van der Waals surface area contributed by atoms with E-state index in [-0.39, 0.29) is 17.1 Å². The van der Waals surface area contributed by atoms with E-state index in [4.69, 9.17) is 23.2 Å². The van der Waals surface area contributed by atoms with Gasteiger partial charge >= 0.3 is 0 Å². The predicted molar refractivity (Wildman–Crippen MR) is 131 cm³/mol. The summed E-state index contributed by atoms with van der Waals surface area (Å²) in [5.41, 5.74) is 3.06. The molecule has 0 aliphatic heterocycles. The number of tetrazole rings is 1. The first-order valence-corrected chi connectivity index (χ1v) is 11.8. The molecule has 0 aliphatic carbocycles. The molecule has 0 aliphatic rings. The van der Waals surface area contributed by atoms with Crippen LogP contribution in [0.2, 0.25) is 10.0 Å². The molecule has 2 aromatic carbocycles. The second-order valence-electron chi connectivity index (χ2n) is 8.26. The van der Waals surface area contributed by atoms with E-state index in [1.165, 1.54) is 16.4 Å². The molecule has 0 fully saturated rings. The Balaban J connectivity index is 1.43. The first-order valence-electron chi connectivity index (χ1n) is 10.0. The zero-order chi connectivity index (χ0) is 23.6. The number of benzene rings is 2. The van der Waals surface area contributed by atoms with Crippen molar-refractivity contribution in [1.82, 2.24) is 30.2 Å². The maximum absolute atomic E-state index is 12.5. The van der Waals surface area contributed by atoms with E-state index >= 15 is 0 Å². The number of carbonyl (C=O) groups is 1. The van der Waals surface area contributed by atoms with Crippen LogP contribution in [0.3, 0.4) is 0 Å². The summed E-state index contributed by atoms with van der Waals surface area (Å²) in [7, 11) is 0. The second kappa shape index (κ2) is 9.54. The van der Waals surface area contributed by atoms with E-state index in [1.807, 2.05) is 24.3 Å². The SMILES string of the molecule is CC(C)(C)c1ccc(-n2nnnc2SCC(=O)Nc2ccc(-c3ncc[nH]3)cc2Cl)c(Cl)c1. The standard InChI is InChI=1S/C22H21Cl2N7OS/c1-22(2,3)14-5-7-18(16(24)11-14)31-21(28-29-30-31)33-12-19(32)27-17-6-4-13(10-15(17)23)20-25-8-9-26-20/h4-11H,12H2,1-3H3,(H,25,26)(H,27,32). The van der Waals surface area contributed by atoms with Gasteiger partial charge in [-0.05, 0) is 51.7 Å². The number of amides is 1. The summed E-state index contributed by atoms with van der Waals surface area (Å²) >= 11 is 14.1. The topological polar surface area (TPSA) is 101 Å². The van der Waals surface area contributed by atoms with E-state index in [2.05, 4.69) is 51.6 Å². The molecular weight excluding hydrogens is 481 g/mol. The first kappa shape index (κ1) is 23.3. The van der Waals surface area contributed by atoms with Crippen LogP contribution in [0.15, 0.2) is 53.9 Å². The third-order valence-corrected chi connectivity index (χ3v) is 6.36. The van der Waals surface area contributed by atoms with Gasteiger partial charge < -0.3 is 10.3 Å². The second-order valence-corrected chi connectivity index (χ2v) is 10.0. The van der Waals surface area contributed by atoms with E-state index in [0.29, 0.717) is 32.4 Å². The molecule has 0 bridgehead atoms. The average molecular weight is 502 g/mol. The molecule has 11 heteroatoms. The highest BCUT2D eigenvalue weighted by atomic mass is 35.5. The summed E-state index contributed by atoms with van der Waals surface area (Å²) in [6, 6.07) is 11.1. The van der Waals surface area contributed by atoms with Gasteiger partial charge in [-0.2, -0.15) is 4.68 Å². The van der Waals surface area contributed by atoms with Crippen LogP contribution in [0.1, 0.15) is 26.3 Å². The van der Waals surface area contributed by atoms with Crippen molar-refractivity contribution in [3.05, 3.63) is 64.4 Å². The van der Waals surface area contributed by atoms with Crippen molar-refractivity contribution in [2.45, 2.75) is 31.3 Å². The van der Waals surface area contributed by atoms with Crippen LogP contribution in [0.5, 0.6) is 0 Å². The van der Waals surface area contributed by atoms with Gasteiger partial charge in [-0.1, -0.05) is 61.8 Å². The van der Waals surface area contributed by atoms with E-state index < -0.39 is 0 Å². The highest BCUT2D eigenvalue weighted by molar-refractivity contribution is 7.99. The monoisotopic (exact) mass is 501 g/mol. The van der Waals surface area contributed by atoms with Gasteiger partial charge in [0.25, 0.3) is 0 Å². The van der Waals surface area contributed by atoms with Gasteiger partial charge in [-0.3, -0.25) is 4.79 Å². The van der Waals surface area contributed by atoms with Crippen LogP contribution in [-0.4, -0.2) is 41.8 Å². The van der Waals surface area contributed by atoms with Crippen LogP contribution in [-0.2, 0) is 10.2 Å². The van der Waals surface area contributed by atoms with Gasteiger partial charge in [0.05, 0.1) is 27.2 Å². The molecule has 170 valence electrons. The highest BCUT2D eigenvalue weighted by Gasteiger charge is 2.18. The Hall–Kier alpha value is -2.88. The number of nitrogens with one attached hydrogen (secondary N) is 2. The van der Waals surface area contributed by atoms with E-state index in [0.717, 1.165) is 11.1 Å². The molecule has 2 heterocycles. The Labute approximate surface area is 205 Å². The van der Waals surface area contributed by atoms with Crippen LogP contribution >= 0.6 is 35.0 Å². The number of hydrogen-bond acceptors (Lipinski definition) is 6. The number of imidazole rings is 1. The molecule has 33 heavy (non-hydrogen) atoms. The van der Waals surface area contributed by atoms with E-state index in [1.54, 1.807) is 24.5 Å². The van der Waals surface area contributed by atoms with Crippen molar-refractivity contribution in [2.24, 2.45) is 0 Å². The largest absolute Gasteiger partial charge is 0.345 e. The van der Waals surface area contributed by atoms with Gasteiger partial charge in [-0.25, -0.2) is 4.98 Å². The van der Waals surface area contributed by atoms with Gasteiger partial charge in [0, 0.05) is 18.0 Å². The summed E-state index contributed by atoms with van der Waals surface area (Å²) in [5, 5.41) is 16.0. The zero-order valence-corrected chi connectivity index (χ0v) is 20.5.